The number of furan rings is 2. The molecule has 0 fully saturated rings. The van der Waals surface area contributed by atoms with Gasteiger partial charge >= 0.3 is 0 Å². The summed E-state index contributed by atoms with van der Waals surface area (Å²) in [6.45, 7) is 0. The summed E-state index contributed by atoms with van der Waals surface area (Å²) < 4.78 is 10.8. The topological polar surface area (TPSA) is 132 Å². The molecule has 2 aliphatic rings. The number of amides is 2. The van der Waals surface area contributed by atoms with Crippen molar-refractivity contribution in [3.8, 4) is 12.1 Å². The Balaban J connectivity index is 1.53. The van der Waals surface area contributed by atoms with Crippen LogP contribution in [0.15, 0.2) is 66.8 Å². The van der Waals surface area contributed by atoms with Gasteiger partial charge in [0.15, 0.2) is 0 Å². The standard InChI is InChI=1S/C21H16N4O4S2/c22-9-14-12(16-3-1-5-28-16)7-18(26)24-20(14)30-11-31-21-15(10-23)13(8-19(27)25-21)17-4-2-6-29-17/h1-6,12-13H,7-8,11H2,(H,24,26)(H,25,27)/t12-,13+. The van der Waals surface area contributed by atoms with Gasteiger partial charge in [0.2, 0.25) is 11.8 Å². The highest BCUT2D eigenvalue weighted by Gasteiger charge is 2.33. The fourth-order valence-corrected chi connectivity index (χ4v) is 5.72. The predicted octanol–water partition coefficient (Wildman–Crippen LogP) is 3.67. The second-order valence-electron chi connectivity index (χ2n) is 6.76. The molecule has 0 unspecified atom stereocenters. The van der Waals surface area contributed by atoms with Gasteiger partial charge < -0.3 is 19.5 Å². The van der Waals surface area contributed by atoms with Crippen molar-refractivity contribution in [2.75, 3.05) is 5.08 Å². The summed E-state index contributed by atoms with van der Waals surface area (Å²) >= 11 is 2.54. The largest absolute Gasteiger partial charge is 0.469 e. The molecule has 2 amide bonds. The molecule has 2 aliphatic heterocycles. The van der Waals surface area contributed by atoms with Crippen molar-refractivity contribution in [3.05, 3.63) is 69.5 Å². The Morgan fingerprint density at radius 3 is 1.68 bits per heavy atom. The molecule has 0 spiro atoms. The quantitative estimate of drug-likeness (QED) is 0.635. The first-order valence-corrected chi connectivity index (χ1v) is 11.3. The molecule has 31 heavy (non-hydrogen) atoms. The van der Waals surface area contributed by atoms with Crippen LogP contribution in [-0.4, -0.2) is 16.9 Å². The smallest absolute Gasteiger partial charge is 0.225 e. The lowest BCUT2D eigenvalue weighted by Gasteiger charge is -2.25. The summed E-state index contributed by atoms with van der Waals surface area (Å²) in [5, 5.41) is 26.2. The first-order valence-electron chi connectivity index (χ1n) is 9.31. The Kier molecular flexibility index (Phi) is 6.21. The summed E-state index contributed by atoms with van der Waals surface area (Å²) in [5.74, 6) is -0.150. The van der Waals surface area contributed by atoms with E-state index >= 15 is 0 Å². The van der Waals surface area contributed by atoms with Crippen molar-refractivity contribution < 1.29 is 18.4 Å². The lowest BCUT2D eigenvalue weighted by Crippen LogP contribution is -2.31. The molecule has 4 rings (SSSR count). The minimum Gasteiger partial charge on any atom is -0.469 e. The van der Waals surface area contributed by atoms with E-state index in [9.17, 15) is 20.1 Å². The Bertz CT molecular complexity index is 1050. The van der Waals surface area contributed by atoms with Crippen molar-refractivity contribution in [2.24, 2.45) is 0 Å². The summed E-state index contributed by atoms with van der Waals surface area (Å²) in [6.07, 6.45) is 3.30. The fourth-order valence-electron chi connectivity index (χ4n) is 3.48. The zero-order chi connectivity index (χ0) is 21.8. The van der Waals surface area contributed by atoms with Crippen molar-refractivity contribution in [1.82, 2.24) is 10.6 Å². The minimum atomic E-state index is -0.437. The van der Waals surface area contributed by atoms with E-state index in [1.807, 2.05) is 0 Å². The maximum atomic E-state index is 12.2. The number of rotatable bonds is 6. The highest BCUT2D eigenvalue weighted by molar-refractivity contribution is 8.19. The van der Waals surface area contributed by atoms with Crippen LogP contribution in [0.25, 0.3) is 0 Å². The van der Waals surface area contributed by atoms with E-state index < -0.39 is 11.8 Å². The van der Waals surface area contributed by atoms with Crippen LogP contribution in [0.2, 0.25) is 0 Å². The van der Waals surface area contributed by atoms with E-state index in [1.54, 1.807) is 24.3 Å². The number of hydrogen-bond acceptors (Lipinski definition) is 8. The second-order valence-corrected chi connectivity index (χ2v) is 9.09. The highest BCUT2D eigenvalue weighted by Crippen LogP contribution is 2.40. The van der Waals surface area contributed by atoms with Gasteiger partial charge in [-0.2, -0.15) is 10.5 Å². The van der Waals surface area contributed by atoms with E-state index in [0.717, 1.165) is 0 Å². The van der Waals surface area contributed by atoms with Crippen molar-refractivity contribution >= 4 is 35.3 Å². The minimum absolute atomic E-state index is 0.137. The molecule has 2 N–H and O–H groups in total. The van der Waals surface area contributed by atoms with Crippen LogP contribution in [0.5, 0.6) is 0 Å². The van der Waals surface area contributed by atoms with E-state index in [1.165, 1.54) is 36.1 Å². The van der Waals surface area contributed by atoms with Gasteiger partial charge in [0, 0.05) is 12.8 Å². The van der Waals surface area contributed by atoms with Crippen molar-refractivity contribution in [1.29, 1.82) is 10.5 Å². The van der Waals surface area contributed by atoms with Crippen LogP contribution in [-0.2, 0) is 9.59 Å². The molecule has 0 bridgehead atoms. The summed E-state index contributed by atoms with van der Waals surface area (Å²) in [4.78, 5) is 24.4. The zero-order valence-electron chi connectivity index (χ0n) is 16.1. The van der Waals surface area contributed by atoms with Gasteiger partial charge in [-0.25, -0.2) is 0 Å². The molecule has 10 heteroatoms. The monoisotopic (exact) mass is 452 g/mol. The van der Waals surface area contributed by atoms with E-state index in [-0.39, 0.29) is 24.7 Å². The lowest BCUT2D eigenvalue weighted by atomic mass is 9.92. The summed E-state index contributed by atoms with van der Waals surface area (Å²) in [5.41, 5.74) is 0.853. The number of hydrogen-bond donors (Lipinski definition) is 2. The van der Waals surface area contributed by atoms with Crippen LogP contribution in [0.4, 0.5) is 0 Å². The number of allylic oxidation sites excluding steroid dienone is 2. The van der Waals surface area contributed by atoms with Crippen LogP contribution in [0.1, 0.15) is 36.2 Å². The highest BCUT2D eigenvalue weighted by atomic mass is 32.2. The van der Waals surface area contributed by atoms with Crippen LogP contribution < -0.4 is 10.6 Å². The molecule has 2 aromatic heterocycles. The molecule has 156 valence electrons. The van der Waals surface area contributed by atoms with E-state index in [4.69, 9.17) is 8.83 Å². The first kappa shape index (κ1) is 20.9. The molecule has 0 saturated heterocycles. The number of nitrogens with one attached hydrogen (secondary N) is 2. The van der Waals surface area contributed by atoms with Crippen molar-refractivity contribution in [2.45, 2.75) is 24.7 Å². The average molecular weight is 453 g/mol. The number of carbonyl (C=O) groups is 2. The lowest BCUT2D eigenvalue weighted by molar-refractivity contribution is -0.121. The molecule has 2 atom stereocenters. The molecule has 0 saturated carbocycles. The molecule has 2 aromatic rings. The van der Waals surface area contributed by atoms with Gasteiger partial charge in [0.05, 0.1) is 62.8 Å². The number of nitriles is 2. The van der Waals surface area contributed by atoms with Crippen LogP contribution >= 0.6 is 23.5 Å². The van der Waals surface area contributed by atoms with E-state index in [0.29, 0.717) is 37.8 Å². The van der Waals surface area contributed by atoms with Gasteiger partial charge in [-0.05, 0) is 24.3 Å². The molecule has 8 nitrogen and oxygen atoms in total. The third kappa shape index (κ3) is 4.41. The molecule has 0 aromatic carbocycles. The van der Waals surface area contributed by atoms with Gasteiger partial charge in [0.1, 0.15) is 11.5 Å². The van der Waals surface area contributed by atoms with Gasteiger partial charge in [-0.3, -0.25) is 9.59 Å². The molecular formula is C21H16N4O4S2. The number of nitrogens with zero attached hydrogens (tertiary/aromatic N) is 2. The molecule has 0 radical (unpaired) electrons. The fraction of sp³-hybridized carbons (Fsp3) is 0.238. The van der Waals surface area contributed by atoms with E-state index in [2.05, 4.69) is 22.8 Å². The Hall–Kier alpha value is -3.34. The van der Waals surface area contributed by atoms with Crippen LogP contribution in [0.3, 0.4) is 0 Å². The predicted molar refractivity (Wildman–Crippen MR) is 114 cm³/mol. The SMILES string of the molecule is N#CC1=C(SCSC2=C(C#N)[C@@H](c3ccco3)CC(=O)N2)NC(=O)C[C@H]1c1ccco1. The van der Waals surface area contributed by atoms with Gasteiger partial charge in [-0.15, -0.1) is 0 Å². The second kappa shape index (κ2) is 9.21. The van der Waals surface area contributed by atoms with Gasteiger partial charge in [-0.1, -0.05) is 23.5 Å². The molecule has 4 heterocycles. The Morgan fingerprint density at radius 1 is 0.871 bits per heavy atom. The van der Waals surface area contributed by atoms with Crippen molar-refractivity contribution in [3.63, 3.8) is 0 Å². The molecular weight excluding hydrogens is 436 g/mol. The maximum absolute atomic E-state index is 12.2. The normalized spacial score (nSPS) is 21.4. The summed E-state index contributed by atoms with van der Waals surface area (Å²) in [7, 11) is 0. The number of carbonyl (C=O) groups excluding carboxylic acids is 2. The Labute approximate surface area is 186 Å². The third-order valence-electron chi connectivity index (χ3n) is 4.89. The summed E-state index contributed by atoms with van der Waals surface area (Å²) in [6, 6.07) is 11.3. The first-order chi connectivity index (χ1) is 15.1. The zero-order valence-corrected chi connectivity index (χ0v) is 17.7. The van der Waals surface area contributed by atoms with Gasteiger partial charge in [0.25, 0.3) is 0 Å². The Morgan fingerprint density at radius 2 is 1.32 bits per heavy atom. The van der Waals surface area contributed by atoms with Crippen LogP contribution in [0, 0.1) is 22.7 Å². The average Bonchev–Trinajstić information content (AvgIpc) is 3.47. The molecule has 0 aliphatic carbocycles. The number of thioether (sulfide) groups is 2. The third-order valence-corrected chi connectivity index (χ3v) is 7.06. The maximum Gasteiger partial charge on any atom is 0.225 e.